The van der Waals surface area contributed by atoms with E-state index in [4.69, 9.17) is 11.6 Å². The molecule has 0 aliphatic heterocycles. The first-order chi connectivity index (χ1) is 4.34. The molecule has 1 unspecified atom stereocenters. The second kappa shape index (κ2) is 2.82. The number of hydrogen-bond donors (Lipinski definition) is 2. The maximum Gasteiger partial charge on any atom is 0.0542 e. The minimum absolute atomic E-state index is 0.142. The van der Waals surface area contributed by atoms with E-state index in [2.05, 4.69) is 5.10 Å². The summed E-state index contributed by atoms with van der Waals surface area (Å²) in [6.07, 6.45) is 4.47. The molecule has 1 aliphatic rings. The fraction of sp³-hybridized carbons (Fsp3) is 0.833. The second-order valence-electron chi connectivity index (χ2n) is 2.47. The van der Waals surface area contributed by atoms with Crippen molar-refractivity contribution in [1.29, 1.82) is 0 Å². The summed E-state index contributed by atoms with van der Waals surface area (Å²) >= 11 is 0. The molecule has 3 nitrogen and oxygen atoms in total. The minimum atomic E-state index is 0.142. The van der Waals surface area contributed by atoms with Gasteiger partial charge in [-0.3, -0.25) is 0 Å². The van der Waals surface area contributed by atoms with Crippen molar-refractivity contribution < 1.29 is 0 Å². The quantitative estimate of drug-likeness (QED) is 0.360. The second-order valence-corrected chi connectivity index (χ2v) is 2.47. The Morgan fingerprint density at radius 3 is 2.67 bits per heavy atom. The zero-order valence-electron chi connectivity index (χ0n) is 5.51. The lowest BCUT2D eigenvalue weighted by Gasteiger charge is -2.18. The van der Waals surface area contributed by atoms with Gasteiger partial charge in [0.25, 0.3) is 0 Å². The molecule has 4 N–H and O–H groups in total. The Labute approximate surface area is 55.1 Å². The zero-order valence-corrected chi connectivity index (χ0v) is 5.51. The van der Waals surface area contributed by atoms with Gasteiger partial charge in [-0.15, -0.1) is 0 Å². The molecule has 3 heteroatoms. The normalized spacial score (nSPS) is 33.0. The van der Waals surface area contributed by atoms with Gasteiger partial charge in [0.15, 0.2) is 0 Å². The Morgan fingerprint density at radius 1 is 1.44 bits per heavy atom. The molecule has 0 radical (unpaired) electrons. The number of nitrogens with zero attached hydrogens (tertiary/aromatic N) is 1. The first kappa shape index (κ1) is 6.55. The fourth-order valence-corrected chi connectivity index (χ4v) is 1.18. The highest BCUT2D eigenvalue weighted by atomic mass is 15.1. The Balaban J connectivity index is 2.49. The maximum atomic E-state index is 5.68. The summed E-state index contributed by atoms with van der Waals surface area (Å²) in [7, 11) is 0. The van der Waals surface area contributed by atoms with Crippen LogP contribution in [0.3, 0.4) is 0 Å². The molecule has 0 bridgehead atoms. The van der Waals surface area contributed by atoms with Crippen molar-refractivity contribution in [1.82, 2.24) is 0 Å². The number of rotatable bonds is 0. The zero-order chi connectivity index (χ0) is 6.69. The summed E-state index contributed by atoms with van der Waals surface area (Å²) in [5.74, 6) is 5.10. The van der Waals surface area contributed by atoms with Gasteiger partial charge in [-0.05, 0) is 19.3 Å². The third kappa shape index (κ3) is 1.42. The Kier molecular flexibility index (Phi) is 2.05. The highest BCUT2D eigenvalue weighted by Gasteiger charge is 2.14. The van der Waals surface area contributed by atoms with E-state index in [1.165, 1.54) is 12.8 Å². The van der Waals surface area contributed by atoms with Gasteiger partial charge in [-0.25, -0.2) is 0 Å². The molecule has 0 spiro atoms. The van der Waals surface area contributed by atoms with Gasteiger partial charge in [-0.2, -0.15) is 5.10 Å². The van der Waals surface area contributed by atoms with Crippen molar-refractivity contribution in [2.24, 2.45) is 16.7 Å². The van der Waals surface area contributed by atoms with E-state index in [-0.39, 0.29) is 6.04 Å². The van der Waals surface area contributed by atoms with E-state index < -0.39 is 0 Å². The minimum Gasteiger partial charge on any atom is -0.323 e. The molecule has 1 atom stereocenters. The summed E-state index contributed by atoms with van der Waals surface area (Å²) in [5, 5.41) is 3.62. The van der Waals surface area contributed by atoms with Gasteiger partial charge in [0.2, 0.25) is 0 Å². The molecule has 9 heavy (non-hydrogen) atoms. The van der Waals surface area contributed by atoms with E-state index in [1.807, 2.05) is 0 Å². The molecular formula is C6H13N3. The Bertz CT molecular complexity index is 119. The Hall–Kier alpha value is -0.570. The topological polar surface area (TPSA) is 64.4 Å². The summed E-state index contributed by atoms with van der Waals surface area (Å²) in [5.41, 5.74) is 6.67. The largest absolute Gasteiger partial charge is 0.323 e. The van der Waals surface area contributed by atoms with Crippen LogP contribution < -0.4 is 11.6 Å². The van der Waals surface area contributed by atoms with Gasteiger partial charge in [0, 0.05) is 6.04 Å². The van der Waals surface area contributed by atoms with Gasteiger partial charge in [-0.1, -0.05) is 6.42 Å². The van der Waals surface area contributed by atoms with E-state index >= 15 is 0 Å². The lowest BCUT2D eigenvalue weighted by molar-refractivity contribution is 0.605. The number of nitrogens with two attached hydrogens (primary N) is 2. The molecule has 0 aromatic carbocycles. The lowest BCUT2D eigenvalue weighted by atomic mass is 9.94. The van der Waals surface area contributed by atoms with Gasteiger partial charge in [0.05, 0.1) is 5.71 Å². The monoisotopic (exact) mass is 127 g/mol. The highest BCUT2D eigenvalue weighted by Crippen LogP contribution is 2.13. The smallest absolute Gasteiger partial charge is 0.0542 e. The van der Waals surface area contributed by atoms with E-state index in [0.29, 0.717) is 0 Å². The Morgan fingerprint density at radius 2 is 2.22 bits per heavy atom. The predicted molar refractivity (Wildman–Crippen MR) is 38.1 cm³/mol. The third-order valence-corrected chi connectivity index (χ3v) is 1.79. The molecule has 0 saturated heterocycles. The lowest BCUT2D eigenvalue weighted by Crippen LogP contribution is -2.34. The summed E-state index contributed by atoms with van der Waals surface area (Å²) in [6, 6.07) is 0.142. The summed E-state index contributed by atoms with van der Waals surface area (Å²) in [4.78, 5) is 0. The van der Waals surface area contributed by atoms with Crippen LogP contribution in [0.2, 0.25) is 0 Å². The molecule has 1 rings (SSSR count). The molecule has 1 aliphatic carbocycles. The van der Waals surface area contributed by atoms with E-state index in [1.54, 1.807) is 0 Å². The van der Waals surface area contributed by atoms with Crippen molar-refractivity contribution in [2.45, 2.75) is 31.7 Å². The predicted octanol–water partition coefficient (Wildman–Crippen LogP) is 0.202. The highest BCUT2D eigenvalue weighted by molar-refractivity contribution is 5.89. The first-order valence-electron chi connectivity index (χ1n) is 3.37. The molecule has 0 heterocycles. The molecule has 1 saturated carbocycles. The third-order valence-electron chi connectivity index (χ3n) is 1.79. The van der Waals surface area contributed by atoms with Gasteiger partial charge >= 0.3 is 0 Å². The maximum absolute atomic E-state index is 5.68. The molecule has 0 aromatic rings. The SMILES string of the molecule is N/N=C1\CCCCC1N. The van der Waals surface area contributed by atoms with Crippen LogP contribution in [-0.4, -0.2) is 11.8 Å². The van der Waals surface area contributed by atoms with E-state index in [9.17, 15) is 0 Å². The molecule has 0 amide bonds. The number of hydrogen-bond acceptors (Lipinski definition) is 3. The first-order valence-corrected chi connectivity index (χ1v) is 3.37. The van der Waals surface area contributed by atoms with Crippen molar-refractivity contribution in [3.05, 3.63) is 0 Å². The average Bonchev–Trinajstić information content (AvgIpc) is 1.89. The van der Waals surface area contributed by atoms with Gasteiger partial charge < -0.3 is 11.6 Å². The van der Waals surface area contributed by atoms with Crippen LogP contribution in [0.4, 0.5) is 0 Å². The molecular weight excluding hydrogens is 114 g/mol. The van der Waals surface area contributed by atoms with Crippen molar-refractivity contribution in [3.63, 3.8) is 0 Å². The van der Waals surface area contributed by atoms with Crippen molar-refractivity contribution >= 4 is 5.71 Å². The standard InChI is InChI=1S/C6H13N3/c7-5-3-1-2-4-6(5)9-8/h5H,1-4,7-8H2/b9-6+. The van der Waals surface area contributed by atoms with Gasteiger partial charge in [0.1, 0.15) is 0 Å². The van der Waals surface area contributed by atoms with Crippen LogP contribution in [0.1, 0.15) is 25.7 Å². The molecule has 52 valence electrons. The molecule has 0 aromatic heterocycles. The summed E-state index contributed by atoms with van der Waals surface area (Å²) in [6.45, 7) is 0. The van der Waals surface area contributed by atoms with Crippen molar-refractivity contribution in [2.75, 3.05) is 0 Å². The van der Waals surface area contributed by atoms with Crippen LogP contribution in [0.5, 0.6) is 0 Å². The van der Waals surface area contributed by atoms with Crippen LogP contribution in [0, 0.1) is 0 Å². The number of hydrazone groups is 1. The summed E-state index contributed by atoms with van der Waals surface area (Å²) < 4.78 is 0. The van der Waals surface area contributed by atoms with Crippen LogP contribution in [0.25, 0.3) is 0 Å². The average molecular weight is 127 g/mol. The molecule has 1 fully saturated rings. The fourth-order valence-electron chi connectivity index (χ4n) is 1.18. The van der Waals surface area contributed by atoms with Crippen LogP contribution >= 0.6 is 0 Å². The van der Waals surface area contributed by atoms with Crippen molar-refractivity contribution in [3.8, 4) is 0 Å². The van der Waals surface area contributed by atoms with E-state index in [0.717, 1.165) is 18.6 Å². The van der Waals surface area contributed by atoms with Crippen LogP contribution in [-0.2, 0) is 0 Å². The van der Waals surface area contributed by atoms with Crippen LogP contribution in [0.15, 0.2) is 5.10 Å².